The standard InChI is InChI=1S/C11H19N3O3/c12-11(17)14-13-9-6-2-1-4-8(9)5-3-7-10(15)16/h8H,1-7H2,(H,15,16)(H3,12,14,17). The van der Waals surface area contributed by atoms with E-state index in [-0.39, 0.29) is 12.3 Å². The molecular weight excluding hydrogens is 222 g/mol. The van der Waals surface area contributed by atoms with Crippen molar-refractivity contribution >= 4 is 17.7 Å². The van der Waals surface area contributed by atoms with Crippen molar-refractivity contribution < 1.29 is 14.7 Å². The normalized spacial score (nSPS) is 22.4. The minimum Gasteiger partial charge on any atom is -0.481 e. The van der Waals surface area contributed by atoms with Crippen LogP contribution in [0.1, 0.15) is 44.9 Å². The van der Waals surface area contributed by atoms with Crippen LogP contribution in [0.5, 0.6) is 0 Å². The van der Waals surface area contributed by atoms with Crippen LogP contribution in [-0.4, -0.2) is 22.8 Å². The van der Waals surface area contributed by atoms with Crippen molar-refractivity contribution in [3.8, 4) is 0 Å². The van der Waals surface area contributed by atoms with E-state index in [1.54, 1.807) is 0 Å². The summed E-state index contributed by atoms with van der Waals surface area (Å²) in [6.45, 7) is 0. The topological polar surface area (TPSA) is 105 Å². The quantitative estimate of drug-likeness (QED) is 0.634. The van der Waals surface area contributed by atoms with Gasteiger partial charge in [0.2, 0.25) is 0 Å². The number of urea groups is 1. The van der Waals surface area contributed by atoms with Gasteiger partial charge in [0.05, 0.1) is 0 Å². The number of nitrogens with one attached hydrogen (secondary N) is 1. The Kier molecular flexibility index (Phi) is 5.45. The molecule has 1 fully saturated rings. The third kappa shape index (κ3) is 5.33. The summed E-state index contributed by atoms with van der Waals surface area (Å²) in [4.78, 5) is 21.0. The summed E-state index contributed by atoms with van der Waals surface area (Å²) in [7, 11) is 0. The Hall–Kier alpha value is -1.59. The molecule has 0 aromatic rings. The highest BCUT2D eigenvalue weighted by Gasteiger charge is 2.20. The summed E-state index contributed by atoms with van der Waals surface area (Å²) in [6, 6.07) is -0.660. The number of amides is 2. The van der Waals surface area contributed by atoms with Gasteiger partial charge in [0, 0.05) is 12.1 Å². The first-order valence-electron chi connectivity index (χ1n) is 5.93. The number of primary amides is 1. The largest absolute Gasteiger partial charge is 0.481 e. The van der Waals surface area contributed by atoms with Crippen molar-refractivity contribution in [1.82, 2.24) is 5.43 Å². The first-order valence-corrected chi connectivity index (χ1v) is 5.93. The highest BCUT2D eigenvalue weighted by molar-refractivity contribution is 5.88. The summed E-state index contributed by atoms with van der Waals surface area (Å²) in [6.07, 6.45) is 5.72. The number of hydrogen-bond acceptors (Lipinski definition) is 3. The fraction of sp³-hybridized carbons (Fsp3) is 0.727. The van der Waals surface area contributed by atoms with Gasteiger partial charge in [-0.05, 0) is 38.0 Å². The molecule has 0 saturated heterocycles. The van der Waals surface area contributed by atoms with Crippen molar-refractivity contribution in [2.45, 2.75) is 44.9 Å². The van der Waals surface area contributed by atoms with E-state index in [1.807, 2.05) is 0 Å². The van der Waals surface area contributed by atoms with Gasteiger partial charge in [0.1, 0.15) is 0 Å². The lowest BCUT2D eigenvalue weighted by Crippen LogP contribution is -2.29. The lowest BCUT2D eigenvalue weighted by molar-refractivity contribution is -0.137. The summed E-state index contributed by atoms with van der Waals surface area (Å²) in [5, 5.41) is 12.6. The maximum Gasteiger partial charge on any atom is 0.332 e. The lowest BCUT2D eigenvalue weighted by Gasteiger charge is -2.23. The van der Waals surface area contributed by atoms with Gasteiger partial charge >= 0.3 is 12.0 Å². The number of carbonyl (C=O) groups is 2. The van der Waals surface area contributed by atoms with Crippen LogP contribution in [0.3, 0.4) is 0 Å². The Morgan fingerprint density at radius 2 is 2.24 bits per heavy atom. The Morgan fingerprint density at radius 3 is 2.88 bits per heavy atom. The number of carboxylic acids is 1. The van der Waals surface area contributed by atoms with Gasteiger partial charge in [-0.2, -0.15) is 5.10 Å². The van der Waals surface area contributed by atoms with Crippen LogP contribution in [0.4, 0.5) is 4.79 Å². The van der Waals surface area contributed by atoms with E-state index in [0.717, 1.165) is 37.8 Å². The molecule has 17 heavy (non-hydrogen) atoms. The molecule has 6 nitrogen and oxygen atoms in total. The fourth-order valence-corrected chi connectivity index (χ4v) is 2.15. The molecule has 0 bridgehead atoms. The second kappa shape index (κ2) is 6.88. The van der Waals surface area contributed by atoms with Crippen molar-refractivity contribution in [1.29, 1.82) is 0 Å². The number of aliphatic carboxylic acids is 1. The zero-order valence-electron chi connectivity index (χ0n) is 9.82. The SMILES string of the molecule is NC(=O)NN=C1CCCCC1CCCC(=O)O. The first kappa shape index (κ1) is 13.5. The molecule has 1 atom stereocenters. The van der Waals surface area contributed by atoms with Gasteiger partial charge in [-0.3, -0.25) is 4.79 Å². The molecular formula is C11H19N3O3. The molecule has 2 amide bonds. The highest BCUT2D eigenvalue weighted by atomic mass is 16.4. The number of hydrogen-bond donors (Lipinski definition) is 3. The molecule has 0 radical (unpaired) electrons. The lowest BCUT2D eigenvalue weighted by atomic mass is 9.84. The number of nitrogens with two attached hydrogens (primary N) is 1. The third-order valence-electron chi connectivity index (χ3n) is 2.96. The number of carboxylic acid groups (broad SMARTS) is 1. The molecule has 96 valence electrons. The molecule has 4 N–H and O–H groups in total. The van der Waals surface area contributed by atoms with Crippen LogP contribution in [0.2, 0.25) is 0 Å². The van der Waals surface area contributed by atoms with E-state index in [0.29, 0.717) is 6.42 Å². The molecule has 1 rings (SSSR count). The molecule has 0 spiro atoms. The second-order valence-electron chi connectivity index (χ2n) is 4.31. The molecule has 6 heteroatoms. The molecule has 1 unspecified atom stereocenters. The molecule has 0 aliphatic heterocycles. The van der Waals surface area contributed by atoms with E-state index in [4.69, 9.17) is 10.8 Å². The average Bonchev–Trinajstić information content (AvgIpc) is 2.27. The van der Waals surface area contributed by atoms with Crippen LogP contribution < -0.4 is 11.2 Å². The van der Waals surface area contributed by atoms with E-state index in [2.05, 4.69) is 10.5 Å². The van der Waals surface area contributed by atoms with Crippen molar-refractivity contribution in [3.63, 3.8) is 0 Å². The van der Waals surface area contributed by atoms with Crippen molar-refractivity contribution in [3.05, 3.63) is 0 Å². The summed E-state index contributed by atoms with van der Waals surface area (Å²) >= 11 is 0. The zero-order chi connectivity index (χ0) is 12.7. The van der Waals surface area contributed by atoms with Gasteiger partial charge < -0.3 is 10.8 Å². The van der Waals surface area contributed by atoms with Crippen LogP contribution in [0.25, 0.3) is 0 Å². The Morgan fingerprint density at radius 1 is 1.47 bits per heavy atom. The zero-order valence-corrected chi connectivity index (χ0v) is 9.82. The van der Waals surface area contributed by atoms with E-state index in [1.165, 1.54) is 0 Å². The average molecular weight is 241 g/mol. The second-order valence-corrected chi connectivity index (χ2v) is 4.31. The third-order valence-corrected chi connectivity index (χ3v) is 2.96. The van der Waals surface area contributed by atoms with Crippen LogP contribution >= 0.6 is 0 Å². The number of nitrogens with zero attached hydrogens (tertiary/aromatic N) is 1. The van der Waals surface area contributed by atoms with Gasteiger partial charge in [-0.15, -0.1) is 0 Å². The molecule has 1 saturated carbocycles. The summed E-state index contributed by atoms with van der Waals surface area (Å²) < 4.78 is 0. The van der Waals surface area contributed by atoms with Gasteiger partial charge in [0.25, 0.3) is 0 Å². The van der Waals surface area contributed by atoms with Crippen molar-refractivity contribution in [2.75, 3.05) is 0 Å². The minimum atomic E-state index is -0.769. The molecule has 1 aliphatic carbocycles. The number of hydrazone groups is 1. The highest BCUT2D eigenvalue weighted by Crippen LogP contribution is 2.25. The fourth-order valence-electron chi connectivity index (χ4n) is 2.15. The molecule has 0 heterocycles. The maximum atomic E-state index is 10.6. The number of rotatable bonds is 5. The summed E-state index contributed by atoms with van der Waals surface area (Å²) in [5.41, 5.74) is 8.16. The van der Waals surface area contributed by atoms with Crippen molar-refractivity contribution in [2.24, 2.45) is 16.8 Å². The minimum absolute atomic E-state index is 0.188. The van der Waals surface area contributed by atoms with E-state index >= 15 is 0 Å². The maximum absolute atomic E-state index is 10.6. The van der Waals surface area contributed by atoms with Gasteiger partial charge in [-0.25, -0.2) is 10.2 Å². The Bertz CT molecular complexity index is 315. The van der Waals surface area contributed by atoms with Crippen LogP contribution in [0, 0.1) is 5.92 Å². The monoisotopic (exact) mass is 241 g/mol. The van der Waals surface area contributed by atoms with Crippen LogP contribution in [-0.2, 0) is 4.79 Å². The van der Waals surface area contributed by atoms with E-state index in [9.17, 15) is 9.59 Å². The van der Waals surface area contributed by atoms with Gasteiger partial charge in [0.15, 0.2) is 0 Å². The summed E-state index contributed by atoms with van der Waals surface area (Å²) in [5.74, 6) is -0.482. The molecule has 1 aliphatic rings. The number of carbonyl (C=O) groups excluding carboxylic acids is 1. The smallest absolute Gasteiger partial charge is 0.332 e. The predicted molar refractivity (Wildman–Crippen MR) is 63.6 cm³/mol. The Labute approximate surface area is 100 Å². The molecule has 0 aromatic carbocycles. The Balaban J connectivity index is 2.44. The van der Waals surface area contributed by atoms with E-state index < -0.39 is 12.0 Å². The predicted octanol–water partition coefficient (Wildman–Crippen LogP) is 1.46. The van der Waals surface area contributed by atoms with Crippen LogP contribution in [0.15, 0.2) is 5.10 Å². The molecule has 0 aromatic heterocycles. The van der Waals surface area contributed by atoms with Gasteiger partial charge in [-0.1, -0.05) is 6.42 Å². The first-order chi connectivity index (χ1) is 8.09.